The summed E-state index contributed by atoms with van der Waals surface area (Å²) >= 11 is 0. The minimum Gasteiger partial charge on any atom is -0.426 e. The Morgan fingerprint density at radius 2 is 1.44 bits per heavy atom. The molecule has 0 N–H and O–H groups in total. The first-order chi connectivity index (χ1) is 19.2. The molecule has 6 nitrogen and oxygen atoms in total. The van der Waals surface area contributed by atoms with Gasteiger partial charge in [0.05, 0.1) is 13.2 Å². The molecule has 2 aliphatic rings. The van der Waals surface area contributed by atoms with Crippen LogP contribution >= 0.6 is 0 Å². The number of aromatic nitrogens is 2. The predicted octanol–water partition coefficient (Wildman–Crippen LogP) is 8.25. The van der Waals surface area contributed by atoms with Crippen molar-refractivity contribution in [1.82, 2.24) is 9.97 Å². The summed E-state index contributed by atoms with van der Waals surface area (Å²) < 4.78 is 17.0. The average Bonchev–Trinajstić information content (AvgIpc) is 2.98. The van der Waals surface area contributed by atoms with Gasteiger partial charge in [-0.2, -0.15) is 0 Å². The van der Waals surface area contributed by atoms with E-state index in [1.807, 2.05) is 24.5 Å². The van der Waals surface area contributed by atoms with Crippen LogP contribution in [-0.4, -0.2) is 35.4 Å². The lowest BCUT2D eigenvalue weighted by molar-refractivity contribution is -0.208. The van der Waals surface area contributed by atoms with Gasteiger partial charge in [0.1, 0.15) is 11.7 Å². The van der Waals surface area contributed by atoms with Crippen LogP contribution < -0.4 is 4.74 Å². The molecule has 0 unspecified atom stereocenters. The molecular formula is C33H48N2O4. The van der Waals surface area contributed by atoms with Crippen molar-refractivity contribution in [2.45, 2.75) is 116 Å². The molecule has 39 heavy (non-hydrogen) atoms. The van der Waals surface area contributed by atoms with Crippen molar-refractivity contribution in [3.63, 3.8) is 0 Å². The third kappa shape index (κ3) is 9.39. The first-order valence-electron chi connectivity index (χ1n) is 15.5. The van der Waals surface area contributed by atoms with Gasteiger partial charge in [-0.25, -0.2) is 9.97 Å². The second kappa shape index (κ2) is 16.1. The normalized spacial score (nSPS) is 23.4. The van der Waals surface area contributed by atoms with E-state index in [1.165, 1.54) is 76.2 Å². The van der Waals surface area contributed by atoms with Crippen molar-refractivity contribution in [2.75, 3.05) is 13.2 Å². The van der Waals surface area contributed by atoms with Crippen LogP contribution in [0, 0.1) is 11.8 Å². The lowest BCUT2D eigenvalue weighted by atomic mass is 9.77. The summed E-state index contributed by atoms with van der Waals surface area (Å²) in [4.78, 5) is 21.9. The highest BCUT2D eigenvalue weighted by Crippen LogP contribution is 2.37. The van der Waals surface area contributed by atoms with E-state index in [-0.39, 0.29) is 12.3 Å². The molecule has 1 aliphatic heterocycles. The van der Waals surface area contributed by atoms with Gasteiger partial charge < -0.3 is 14.2 Å². The molecule has 0 amide bonds. The van der Waals surface area contributed by atoms with Crippen molar-refractivity contribution in [3.05, 3.63) is 42.2 Å². The summed E-state index contributed by atoms with van der Waals surface area (Å²) in [6, 6.07) is 7.40. The number of rotatable bonds is 14. The van der Waals surface area contributed by atoms with Crippen LogP contribution in [0.25, 0.3) is 11.4 Å². The molecule has 1 aromatic carbocycles. The molecule has 2 aromatic rings. The summed E-state index contributed by atoms with van der Waals surface area (Å²) in [5.41, 5.74) is 2.17. The Kier molecular flexibility index (Phi) is 12.2. The van der Waals surface area contributed by atoms with Gasteiger partial charge in [0.2, 0.25) is 0 Å². The molecule has 0 atom stereocenters. The monoisotopic (exact) mass is 536 g/mol. The molecule has 1 saturated carbocycles. The quantitative estimate of drug-likeness (QED) is 0.137. The Hall–Kier alpha value is -2.31. The topological polar surface area (TPSA) is 70.5 Å². The highest BCUT2D eigenvalue weighted by atomic mass is 16.7. The number of carbonyl (C=O) groups is 1. The second-order valence-electron chi connectivity index (χ2n) is 11.5. The highest BCUT2D eigenvalue weighted by molar-refractivity contribution is 5.75. The smallest absolute Gasteiger partial charge is 0.319 e. The fraction of sp³-hybridized carbons (Fsp3) is 0.667. The molecule has 0 spiro atoms. The number of carbonyl (C=O) groups excluding carboxylic acids is 1. The van der Waals surface area contributed by atoms with Gasteiger partial charge >= 0.3 is 5.97 Å². The molecule has 4 rings (SSSR count). The lowest BCUT2D eigenvalue weighted by Crippen LogP contribution is -2.38. The molecule has 2 fully saturated rings. The molecule has 214 valence electrons. The van der Waals surface area contributed by atoms with Crippen LogP contribution in [0.3, 0.4) is 0 Å². The van der Waals surface area contributed by atoms with Crippen LogP contribution in [0.4, 0.5) is 0 Å². The maximum absolute atomic E-state index is 12.6. The maximum atomic E-state index is 12.6. The van der Waals surface area contributed by atoms with E-state index in [0.717, 1.165) is 30.7 Å². The van der Waals surface area contributed by atoms with E-state index in [9.17, 15) is 4.79 Å². The number of ether oxygens (including phenoxy) is 3. The van der Waals surface area contributed by atoms with Gasteiger partial charge in [0, 0.05) is 18.0 Å². The average molecular weight is 537 g/mol. The van der Waals surface area contributed by atoms with E-state index in [4.69, 9.17) is 14.2 Å². The van der Waals surface area contributed by atoms with E-state index >= 15 is 0 Å². The Labute approximate surface area is 235 Å². The predicted molar refractivity (Wildman–Crippen MR) is 155 cm³/mol. The molecule has 0 radical (unpaired) electrons. The van der Waals surface area contributed by atoms with E-state index < -0.39 is 5.92 Å². The van der Waals surface area contributed by atoms with Crippen molar-refractivity contribution >= 4 is 5.97 Å². The molecule has 1 aromatic heterocycles. The summed E-state index contributed by atoms with van der Waals surface area (Å²) in [5.74, 6) is 1.97. The minimum absolute atomic E-state index is 0.202. The third-order valence-corrected chi connectivity index (χ3v) is 8.38. The molecule has 2 heterocycles. The fourth-order valence-electron chi connectivity index (χ4n) is 5.80. The van der Waals surface area contributed by atoms with Gasteiger partial charge in [-0.1, -0.05) is 65.2 Å². The van der Waals surface area contributed by atoms with E-state index in [1.54, 1.807) is 12.1 Å². The van der Waals surface area contributed by atoms with Gasteiger partial charge in [-0.05, 0) is 80.2 Å². The lowest BCUT2D eigenvalue weighted by Gasteiger charge is -2.28. The number of esters is 1. The number of benzene rings is 1. The van der Waals surface area contributed by atoms with Crippen LogP contribution in [-0.2, 0) is 14.3 Å². The number of hydrogen-bond donors (Lipinski definition) is 0. The van der Waals surface area contributed by atoms with Crippen LogP contribution in [0.15, 0.2) is 36.7 Å². The molecule has 6 heteroatoms. The van der Waals surface area contributed by atoms with Gasteiger partial charge in [-0.3, -0.25) is 4.79 Å². The first kappa shape index (κ1) is 29.7. The number of nitrogens with zero attached hydrogens (tertiary/aromatic N) is 2. The fourth-order valence-corrected chi connectivity index (χ4v) is 5.80. The Bertz CT molecular complexity index is 962. The summed E-state index contributed by atoms with van der Waals surface area (Å²) in [7, 11) is 0. The summed E-state index contributed by atoms with van der Waals surface area (Å²) in [6.45, 7) is 5.14. The molecule has 1 saturated heterocycles. The van der Waals surface area contributed by atoms with Gasteiger partial charge in [0.15, 0.2) is 12.1 Å². The largest absolute Gasteiger partial charge is 0.426 e. The summed E-state index contributed by atoms with van der Waals surface area (Å²) in [6.07, 6.45) is 21.6. The minimum atomic E-state index is -0.399. The van der Waals surface area contributed by atoms with Crippen LogP contribution in [0.5, 0.6) is 5.75 Å². The van der Waals surface area contributed by atoms with E-state index in [2.05, 4.69) is 23.8 Å². The SMILES string of the molecule is CCCCCCC[C@H]1CC[C@H](c2cnc(-c3ccc(OC(=O)[C@H]4CO[C@H](CCCCC)OC4)cc3)nc2)CC1. The van der Waals surface area contributed by atoms with Crippen molar-refractivity contribution in [3.8, 4) is 17.1 Å². The van der Waals surface area contributed by atoms with Crippen LogP contribution in [0.2, 0.25) is 0 Å². The number of unbranched alkanes of at least 4 members (excludes halogenated alkanes) is 6. The zero-order chi connectivity index (χ0) is 27.3. The van der Waals surface area contributed by atoms with Crippen molar-refractivity contribution in [2.24, 2.45) is 11.8 Å². The van der Waals surface area contributed by atoms with Gasteiger partial charge in [0.25, 0.3) is 0 Å². The van der Waals surface area contributed by atoms with Gasteiger partial charge in [-0.15, -0.1) is 0 Å². The molecule has 0 bridgehead atoms. The standard InChI is InChI=1S/C33H48N2O4/c1-3-5-7-8-10-11-25-13-15-26(16-14-25)28-21-34-32(35-22-28)27-17-19-30(20-18-27)39-33(36)29-23-37-31(38-24-29)12-9-6-4-2/h17-22,25-26,29,31H,3-16,23-24H2,1-2H3/t25-,26-,29-,31-. The Balaban J connectivity index is 1.19. The van der Waals surface area contributed by atoms with Crippen molar-refractivity contribution < 1.29 is 19.0 Å². The van der Waals surface area contributed by atoms with Crippen LogP contribution in [0.1, 0.15) is 115 Å². The third-order valence-electron chi connectivity index (χ3n) is 8.38. The van der Waals surface area contributed by atoms with E-state index in [0.29, 0.717) is 30.7 Å². The molecule has 1 aliphatic carbocycles. The number of hydrogen-bond acceptors (Lipinski definition) is 6. The highest BCUT2D eigenvalue weighted by Gasteiger charge is 2.29. The Morgan fingerprint density at radius 1 is 0.821 bits per heavy atom. The first-order valence-corrected chi connectivity index (χ1v) is 15.5. The molecular weight excluding hydrogens is 488 g/mol. The summed E-state index contributed by atoms with van der Waals surface area (Å²) in [5, 5.41) is 0. The van der Waals surface area contributed by atoms with Crippen molar-refractivity contribution in [1.29, 1.82) is 0 Å². The zero-order valence-electron chi connectivity index (χ0n) is 24.1. The second-order valence-corrected chi connectivity index (χ2v) is 11.5. The zero-order valence-corrected chi connectivity index (χ0v) is 24.1. The Morgan fingerprint density at radius 3 is 2.10 bits per heavy atom. The maximum Gasteiger partial charge on any atom is 0.319 e.